The maximum absolute atomic E-state index is 11.7. The van der Waals surface area contributed by atoms with Crippen molar-refractivity contribution in [2.75, 3.05) is 20.3 Å². The van der Waals surface area contributed by atoms with Crippen molar-refractivity contribution in [3.05, 3.63) is 33.9 Å². The zero-order valence-corrected chi connectivity index (χ0v) is 11.9. The summed E-state index contributed by atoms with van der Waals surface area (Å²) in [5, 5.41) is 22.6. The molecule has 0 fully saturated rings. The van der Waals surface area contributed by atoms with Gasteiger partial charge in [-0.25, -0.2) is 0 Å². The van der Waals surface area contributed by atoms with Gasteiger partial charge in [0.25, 0.3) is 5.91 Å². The van der Waals surface area contributed by atoms with Crippen molar-refractivity contribution in [3.8, 4) is 5.75 Å². The van der Waals surface area contributed by atoms with Gasteiger partial charge in [0.2, 0.25) is 0 Å². The van der Waals surface area contributed by atoms with Gasteiger partial charge in [-0.1, -0.05) is 0 Å². The number of nitrogens with one attached hydrogen (secondary N) is 1. The molecule has 0 heterocycles. The van der Waals surface area contributed by atoms with E-state index in [2.05, 4.69) is 5.32 Å². The number of hydrogen-bond acceptors (Lipinski definition) is 6. The number of carbonyl (C=O) groups excluding carboxylic acids is 1. The first-order valence-corrected chi connectivity index (χ1v) is 6.31. The van der Waals surface area contributed by atoms with Crippen LogP contribution in [0.4, 0.5) is 5.69 Å². The molecule has 8 nitrogen and oxygen atoms in total. The lowest BCUT2D eigenvalue weighted by atomic mass is 10.2. The number of nitro benzene ring substituents is 1. The third-order valence-electron chi connectivity index (χ3n) is 2.68. The van der Waals surface area contributed by atoms with E-state index >= 15 is 0 Å². The van der Waals surface area contributed by atoms with Gasteiger partial charge in [0.15, 0.2) is 11.9 Å². The Morgan fingerprint density at radius 1 is 1.52 bits per heavy atom. The molecular formula is C13H18N2O6. The predicted octanol–water partition coefficient (Wildman–Crippen LogP) is 0.617. The van der Waals surface area contributed by atoms with Gasteiger partial charge in [-0.3, -0.25) is 14.9 Å². The molecule has 2 N–H and O–H groups in total. The molecule has 0 radical (unpaired) electrons. The largest absolute Gasteiger partial charge is 0.474 e. The third kappa shape index (κ3) is 5.01. The molecule has 1 unspecified atom stereocenters. The highest BCUT2D eigenvalue weighted by Gasteiger charge is 2.21. The lowest BCUT2D eigenvalue weighted by Gasteiger charge is -2.15. The quantitative estimate of drug-likeness (QED) is 0.413. The lowest BCUT2D eigenvalue weighted by Crippen LogP contribution is -2.38. The summed E-state index contributed by atoms with van der Waals surface area (Å²) < 4.78 is 10.1. The fourth-order valence-electron chi connectivity index (χ4n) is 1.57. The lowest BCUT2D eigenvalue weighted by molar-refractivity contribution is -0.386. The van der Waals surface area contributed by atoms with E-state index in [9.17, 15) is 14.9 Å². The molecule has 0 saturated heterocycles. The van der Waals surface area contributed by atoms with E-state index in [-0.39, 0.29) is 18.0 Å². The van der Waals surface area contributed by atoms with E-state index in [0.717, 1.165) is 0 Å². The molecule has 0 aliphatic rings. The molecule has 1 aromatic carbocycles. The van der Waals surface area contributed by atoms with Gasteiger partial charge in [0.1, 0.15) is 0 Å². The molecule has 1 amide bonds. The van der Waals surface area contributed by atoms with Crippen molar-refractivity contribution in [2.24, 2.45) is 0 Å². The Balaban J connectivity index is 2.80. The number of rotatable bonds is 8. The highest BCUT2D eigenvalue weighted by molar-refractivity contribution is 5.80. The van der Waals surface area contributed by atoms with Crippen LogP contribution in [0.25, 0.3) is 0 Å². The second-order valence-electron chi connectivity index (χ2n) is 4.26. The van der Waals surface area contributed by atoms with E-state index < -0.39 is 16.9 Å². The summed E-state index contributed by atoms with van der Waals surface area (Å²) >= 11 is 0. The second-order valence-corrected chi connectivity index (χ2v) is 4.26. The number of methoxy groups -OCH3 is 1. The van der Waals surface area contributed by atoms with Crippen molar-refractivity contribution < 1.29 is 24.3 Å². The average Bonchev–Trinajstić information content (AvgIpc) is 2.46. The summed E-state index contributed by atoms with van der Waals surface area (Å²) in [5.74, 6) is -0.461. The second kappa shape index (κ2) is 8.18. The van der Waals surface area contributed by atoms with Gasteiger partial charge < -0.3 is 19.9 Å². The first-order chi connectivity index (χ1) is 9.99. The van der Waals surface area contributed by atoms with Crippen LogP contribution >= 0.6 is 0 Å². The fourth-order valence-corrected chi connectivity index (χ4v) is 1.57. The summed E-state index contributed by atoms with van der Waals surface area (Å²) in [7, 11) is 1.51. The topological polar surface area (TPSA) is 111 Å². The number of ether oxygens (including phenoxy) is 2. The minimum Gasteiger partial charge on any atom is -0.474 e. The van der Waals surface area contributed by atoms with Crippen molar-refractivity contribution in [1.82, 2.24) is 5.32 Å². The molecule has 1 atom stereocenters. The number of benzene rings is 1. The number of nitro groups is 1. The normalized spacial score (nSPS) is 11.8. The summed E-state index contributed by atoms with van der Waals surface area (Å²) in [4.78, 5) is 22.1. The van der Waals surface area contributed by atoms with Crippen LogP contribution in [-0.2, 0) is 16.1 Å². The molecule has 0 saturated carbocycles. The molecule has 0 aliphatic heterocycles. The smallest absolute Gasteiger partial charge is 0.310 e. The molecule has 21 heavy (non-hydrogen) atoms. The SMILES string of the molecule is COCCNC(=O)C(C)Oc1cc(CO)ccc1[N+](=O)[O-]. The molecule has 0 aromatic heterocycles. The zero-order valence-electron chi connectivity index (χ0n) is 11.9. The molecule has 8 heteroatoms. The Morgan fingerprint density at radius 2 is 2.24 bits per heavy atom. The Hall–Kier alpha value is -2.19. The maximum atomic E-state index is 11.7. The summed E-state index contributed by atoms with van der Waals surface area (Å²) in [5.41, 5.74) is 0.200. The summed E-state index contributed by atoms with van der Waals surface area (Å²) in [6.07, 6.45) is -0.908. The van der Waals surface area contributed by atoms with Gasteiger partial charge in [-0.05, 0) is 24.6 Å². The van der Waals surface area contributed by atoms with Crippen molar-refractivity contribution in [2.45, 2.75) is 19.6 Å². The van der Waals surface area contributed by atoms with Crippen LogP contribution in [0.1, 0.15) is 12.5 Å². The number of nitrogens with zero attached hydrogens (tertiary/aromatic N) is 1. The number of aliphatic hydroxyl groups is 1. The Bertz CT molecular complexity index is 505. The Morgan fingerprint density at radius 3 is 2.81 bits per heavy atom. The molecule has 116 valence electrons. The van der Waals surface area contributed by atoms with Gasteiger partial charge in [-0.2, -0.15) is 0 Å². The van der Waals surface area contributed by atoms with Gasteiger partial charge in [0.05, 0.1) is 18.1 Å². The minimum absolute atomic E-state index is 0.0547. The number of aliphatic hydroxyl groups excluding tert-OH is 1. The van der Waals surface area contributed by atoms with Crippen molar-refractivity contribution >= 4 is 11.6 Å². The third-order valence-corrected chi connectivity index (χ3v) is 2.68. The molecular weight excluding hydrogens is 280 g/mol. The van der Waals surface area contributed by atoms with Gasteiger partial charge in [0, 0.05) is 19.7 Å². The van der Waals surface area contributed by atoms with Gasteiger partial charge >= 0.3 is 5.69 Å². The molecule has 1 rings (SSSR count). The van der Waals surface area contributed by atoms with E-state index in [1.54, 1.807) is 0 Å². The van der Waals surface area contributed by atoms with E-state index in [1.165, 1.54) is 32.2 Å². The minimum atomic E-state index is -0.908. The molecule has 0 bridgehead atoms. The zero-order chi connectivity index (χ0) is 15.8. The van der Waals surface area contributed by atoms with Crippen LogP contribution in [0.15, 0.2) is 18.2 Å². The van der Waals surface area contributed by atoms with Crippen molar-refractivity contribution in [3.63, 3.8) is 0 Å². The fraction of sp³-hybridized carbons (Fsp3) is 0.462. The van der Waals surface area contributed by atoms with Gasteiger partial charge in [-0.15, -0.1) is 0 Å². The highest BCUT2D eigenvalue weighted by Crippen LogP contribution is 2.28. The number of amides is 1. The van der Waals surface area contributed by atoms with E-state index in [1.807, 2.05) is 0 Å². The van der Waals surface area contributed by atoms with Crippen LogP contribution in [-0.4, -0.2) is 42.3 Å². The Kier molecular flexibility index (Phi) is 6.57. The van der Waals surface area contributed by atoms with Crippen LogP contribution in [0, 0.1) is 10.1 Å². The predicted molar refractivity (Wildman–Crippen MR) is 74.0 cm³/mol. The average molecular weight is 298 g/mol. The maximum Gasteiger partial charge on any atom is 0.310 e. The highest BCUT2D eigenvalue weighted by atomic mass is 16.6. The van der Waals surface area contributed by atoms with E-state index in [0.29, 0.717) is 18.7 Å². The summed E-state index contributed by atoms with van der Waals surface area (Å²) in [6.45, 7) is 1.89. The Labute approximate surface area is 121 Å². The standard InChI is InChI=1S/C13H18N2O6/c1-9(13(17)14-5-6-20-2)21-12-7-10(8-16)3-4-11(12)15(18)19/h3-4,7,9,16H,5-6,8H2,1-2H3,(H,14,17). The number of carbonyl (C=O) groups is 1. The first-order valence-electron chi connectivity index (χ1n) is 6.31. The van der Waals surface area contributed by atoms with Crippen LogP contribution in [0.2, 0.25) is 0 Å². The number of hydrogen-bond donors (Lipinski definition) is 2. The molecule has 0 spiro atoms. The molecule has 1 aromatic rings. The monoisotopic (exact) mass is 298 g/mol. The van der Waals surface area contributed by atoms with Crippen LogP contribution in [0.3, 0.4) is 0 Å². The first kappa shape index (κ1) is 16.9. The summed E-state index contributed by atoms with van der Waals surface area (Å²) in [6, 6.07) is 4.00. The molecule has 0 aliphatic carbocycles. The van der Waals surface area contributed by atoms with Crippen molar-refractivity contribution in [1.29, 1.82) is 0 Å². The van der Waals surface area contributed by atoms with Crippen LogP contribution < -0.4 is 10.1 Å². The van der Waals surface area contributed by atoms with E-state index in [4.69, 9.17) is 14.6 Å². The van der Waals surface area contributed by atoms with Crippen LogP contribution in [0.5, 0.6) is 5.75 Å².